The predicted octanol–water partition coefficient (Wildman–Crippen LogP) is 5.62. The number of thioether (sulfide) groups is 1. The first-order valence-electron chi connectivity index (χ1n) is 9.19. The summed E-state index contributed by atoms with van der Waals surface area (Å²) in [6.45, 7) is 0. The zero-order valence-electron chi connectivity index (χ0n) is 16.3. The molecule has 4 rings (SSSR count). The molecule has 6 nitrogen and oxygen atoms in total. The van der Waals surface area contributed by atoms with Crippen LogP contribution in [0.1, 0.15) is 10.4 Å². The second-order valence-corrected chi connectivity index (χ2v) is 8.15. The molecule has 0 aliphatic heterocycles. The number of halogens is 2. The molecule has 2 aromatic heterocycles. The Labute approximate surface area is 193 Å². The van der Waals surface area contributed by atoms with Gasteiger partial charge in [-0.1, -0.05) is 41.0 Å². The van der Waals surface area contributed by atoms with Crippen molar-refractivity contribution >= 4 is 40.7 Å². The lowest BCUT2D eigenvalue weighted by Crippen LogP contribution is -2.05. The zero-order chi connectivity index (χ0) is 21.8. The zero-order valence-corrected chi connectivity index (χ0v) is 18.7. The van der Waals surface area contributed by atoms with Crippen LogP contribution in [0.3, 0.4) is 0 Å². The minimum absolute atomic E-state index is 0.0905. The van der Waals surface area contributed by atoms with Gasteiger partial charge in [0.2, 0.25) is 0 Å². The quantitative estimate of drug-likeness (QED) is 0.257. The molecule has 9 heteroatoms. The molecule has 0 spiro atoms. The molecule has 0 unspecified atom stereocenters. The van der Waals surface area contributed by atoms with Crippen LogP contribution in [0, 0.1) is 0 Å². The lowest BCUT2D eigenvalue weighted by atomic mass is 10.1. The minimum Gasteiger partial charge on any atom is -0.497 e. The maximum atomic E-state index is 12.7. The Morgan fingerprint density at radius 3 is 2.52 bits per heavy atom. The fraction of sp³-hybridized carbons (Fsp3) is 0.0909. The number of benzene rings is 2. The third-order valence-electron chi connectivity index (χ3n) is 4.43. The van der Waals surface area contributed by atoms with Gasteiger partial charge in [0.15, 0.2) is 16.8 Å². The fourth-order valence-electron chi connectivity index (χ4n) is 2.87. The van der Waals surface area contributed by atoms with Gasteiger partial charge in [-0.05, 0) is 54.6 Å². The van der Waals surface area contributed by atoms with Crippen LogP contribution in [0.2, 0.25) is 10.0 Å². The van der Waals surface area contributed by atoms with Crippen molar-refractivity contribution in [3.63, 3.8) is 0 Å². The molecule has 0 fully saturated rings. The highest BCUT2D eigenvalue weighted by molar-refractivity contribution is 7.99. The van der Waals surface area contributed by atoms with E-state index in [1.54, 1.807) is 31.5 Å². The van der Waals surface area contributed by atoms with Crippen LogP contribution in [0.15, 0.2) is 72.0 Å². The number of rotatable bonds is 7. The monoisotopic (exact) mass is 470 g/mol. The third kappa shape index (κ3) is 4.74. The van der Waals surface area contributed by atoms with E-state index in [1.165, 1.54) is 11.8 Å². The van der Waals surface area contributed by atoms with Crippen LogP contribution < -0.4 is 4.74 Å². The number of Topliss-reactive ketones (excluding diaryl/α,β-unsaturated/α-hetero) is 1. The number of hydrogen-bond donors (Lipinski definition) is 0. The Hall–Kier alpha value is -2.87. The average molecular weight is 471 g/mol. The molecule has 0 aliphatic rings. The van der Waals surface area contributed by atoms with Gasteiger partial charge in [-0.25, -0.2) is 0 Å². The normalized spacial score (nSPS) is 10.8. The standard InChI is InChI=1S/C22H16Cl2N4O2S/c1-30-16-8-6-15(7-9-16)28-21(19-4-2-3-11-25-19)26-27-22(28)31-13-20(29)14-5-10-17(23)18(24)12-14/h2-12H,13H2,1H3. The van der Waals surface area contributed by atoms with E-state index in [1.807, 2.05) is 47.0 Å². The van der Waals surface area contributed by atoms with Crippen molar-refractivity contribution in [2.24, 2.45) is 0 Å². The van der Waals surface area contributed by atoms with Crippen LogP contribution in [-0.4, -0.2) is 38.4 Å². The largest absolute Gasteiger partial charge is 0.497 e. The highest BCUT2D eigenvalue weighted by Crippen LogP contribution is 2.29. The van der Waals surface area contributed by atoms with Gasteiger partial charge in [0, 0.05) is 11.8 Å². The van der Waals surface area contributed by atoms with E-state index < -0.39 is 0 Å². The summed E-state index contributed by atoms with van der Waals surface area (Å²) >= 11 is 13.3. The van der Waals surface area contributed by atoms with Crippen molar-refractivity contribution in [2.75, 3.05) is 12.9 Å². The van der Waals surface area contributed by atoms with Crippen molar-refractivity contribution in [3.05, 3.63) is 82.5 Å². The summed E-state index contributed by atoms with van der Waals surface area (Å²) in [5, 5.41) is 9.96. The van der Waals surface area contributed by atoms with Gasteiger partial charge in [0.05, 0.1) is 28.6 Å². The third-order valence-corrected chi connectivity index (χ3v) is 6.10. The molecule has 31 heavy (non-hydrogen) atoms. The number of carbonyl (C=O) groups excluding carboxylic acids is 1. The van der Waals surface area contributed by atoms with Crippen LogP contribution in [0.5, 0.6) is 5.75 Å². The Balaban J connectivity index is 1.66. The van der Waals surface area contributed by atoms with E-state index in [4.69, 9.17) is 27.9 Å². The van der Waals surface area contributed by atoms with Crippen LogP contribution in [0.25, 0.3) is 17.2 Å². The van der Waals surface area contributed by atoms with E-state index in [-0.39, 0.29) is 11.5 Å². The van der Waals surface area contributed by atoms with Crippen molar-refractivity contribution in [1.82, 2.24) is 19.7 Å². The molecule has 0 N–H and O–H groups in total. The molecule has 0 bridgehead atoms. The lowest BCUT2D eigenvalue weighted by Gasteiger charge is -2.10. The Morgan fingerprint density at radius 2 is 1.84 bits per heavy atom. The van der Waals surface area contributed by atoms with Gasteiger partial charge in [-0.15, -0.1) is 10.2 Å². The maximum Gasteiger partial charge on any atom is 0.196 e. The highest BCUT2D eigenvalue weighted by atomic mass is 35.5. The summed E-state index contributed by atoms with van der Waals surface area (Å²) in [5.74, 6) is 1.39. The Bertz CT molecular complexity index is 1210. The highest BCUT2D eigenvalue weighted by Gasteiger charge is 2.19. The first-order valence-corrected chi connectivity index (χ1v) is 10.9. The Morgan fingerprint density at radius 1 is 1.03 bits per heavy atom. The molecular formula is C22H16Cl2N4O2S. The smallest absolute Gasteiger partial charge is 0.196 e. The number of ketones is 1. The summed E-state index contributed by atoms with van der Waals surface area (Å²) in [6.07, 6.45) is 1.70. The van der Waals surface area contributed by atoms with Gasteiger partial charge >= 0.3 is 0 Å². The molecule has 4 aromatic rings. The van der Waals surface area contributed by atoms with E-state index in [2.05, 4.69) is 15.2 Å². The second-order valence-electron chi connectivity index (χ2n) is 6.40. The summed E-state index contributed by atoms with van der Waals surface area (Å²) in [5.41, 5.74) is 1.99. The molecule has 0 aliphatic carbocycles. The summed E-state index contributed by atoms with van der Waals surface area (Å²) in [7, 11) is 1.61. The number of ether oxygens (including phenoxy) is 1. The summed E-state index contributed by atoms with van der Waals surface area (Å²) in [4.78, 5) is 17.1. The molecule has 0 atom stereocenters. The molecule has 2 heterocycles. The topological polar surface area (TPSA) is 69.9 Å². The van der Waals surface area contributed by atoms with E-state index in [0.717, 1.165) is 11.4 Å². The Kier molecular flexibility index (Phi) is 6.56. The number of pyridine rings is 1. The number of carbonyl (C=O) groups is 1. The summed E-state index contributed by atoms with van der Waals surface area (Å²) in [6, 6.07) is 17.9. The number of nitrogens with zero attached hydrogens (tertiary/aromatic N) is 4. The van der Waals surface area contributed by atoms with Crippen molar-refractivity contribution < 1.29 is 9.53 Å². The van der Waals surface area contributed by atoms with E-state index >= 15 is 0 Å². The average Bonchev–Trinajstić information content (AvgIpc) is 3.24. The van der Waals surface area contributed by atoms with Crippen LogP contribution in [-0.2, 0) is 0 Å². The van der Waals surface area contributed by atoms with Crippen LogP contribution in [0.4, 0.5) is 0 Å². The predicted molar refractivity (Wildman–Crippen MR) is 123 cm³/mol. The van der Waals surface area contributed by atoms with Gasteiger partial charge in [-0.2, -0.15) is 0 Å². The summed E-state index contributed by atoms with van der Waals surface area (Å²) < 4.78 is 7.12. The molecule has 0 saturated carbocycles. The molecule has 2 aromatic carbocycles. The molecule has 156 valence electrons. The first kappa shape index (κ1) is 21.4. The molecular weight excluding hydrogens is 455 g/mol. The fourth-order valence-corrected chi connectivity index (χ4v) is 4.02. The second kappa shape index (κ2) is 9.51. The van der Waals surface area contributed by atoms with Gasteiger partial charge < -0.3 is 4.74 Å². The SMILES string of the molecule is COc1ccc(-n2c(SCC(=O)c3ccc(Cl)c(Cl)c3)nnc2-c2ccccn2)cc1. The van der Waals surface area contributed by atoms with Crippen molar-refractivity contribution in [2.45, 2.75) is 5.16 Å². The number of hydrogen-bond acceptors (Lipinski definition) is 6. The van der Waals surface area contributed by atoms with Crippen molar-refractivity contribution in [1.29, 1.82) is 0 Å². The van der Waals surface area contributed by atoms with Crippen LogP contribution >= 0.6 is 35.0 Å². The van der Waals surface area contributed by atoms with Gasteiger partial charge in [0.25, 0.3) is 0 Å². The van der Waals surface area contributed by atoms with Crippen molar-refractivity contribution in [3.8, 4) is 23.0 Å². The maximum absolute atomic E-state index is 12.7. The van der Waals surface area contributed by atoms with Gasteiger partial charge in [0.1, 0.15) is 11.4 Å². The number of methoxy groups -OCH3 is 1. The first-order chi connectivity index (χ1) is 15.1. The van der Waals surface area contributed by atoms with Gasteiger partial charge in [-0.3, -0.25) is 14.3 Å². The van der Waals surface area contributed by atoms with E-state index in [9.17, 15) is 4.79 Å². The van der Waals surface area contributed by atoms with E-state index in [0.29, 0.717) is 32.3 Å². The lowest BCUT2D eigenvalue weighted by molar-refractivity contribution is 0.102. The molecule has 0 amide bonds. The molecule has 0 radical (unpaired) electrons. The minimum atomic E-state index is -0.0905. The number of aromatic nitrogens is 4. The molecule has 0 saturated heterocycles.